The van der Waals surface area contributed by atoms with E-state index >= 15 is 0 Å². The molecule has 2 rings (SSSR count). The summed E-state index contributed by atoms with van der Waals surface area (Å²) >= 11 is 0. The van der Waals surface area contributed by atoms with Gasteiger partial charge in [-0.3, -0.25) is 0 Å². The van der Waals surface area contributed by atoms with Gasteiger partial charge in [0, 0.05) is 17.7 Å². The largest absolute Gasteiger partial charge is 0.507 e. The molecule has 5 nitrogen and oxygen atoms in total. The molecule has 0 aliphatic rings. The fourth-order valence-corrected chi connectivity index (χ4v) is 1.97. The monoisotopic (exact) mass is 272 g/mol. The van der Waals surface area contributed by atoms with E-state index in [1.54, 1.807) is 6.07 Å². The number of methoxy groups -OCH3 is 2. The highest BCUT2D eigenvalue weighted by atomic mass is 16.5. The molecule has 0 fully saturated rings. The number of hydrogen-bond donors (Lipinski definition) is 2. The average Bonchev–Trinajstić information content (AvgIpc) is 2.50. The van der Waals surface area contributed by atoms with E-state index in [-0.39, 0.29) is 5.75 Å². The van der Waals surface area contributed by atoms with Crippen molar-refractivity contribution in [3.8, 4) is 17.2 Å². The van der Waals surface area contributed by atoms with Crippen molar-refractivity contribution in [1.29, 1.82) is 0 Å². The summed E-state index contributed by atoms with van der Waals surface area (Å²) in [5.41, 5.74) is 1.67. The molecule has 0 atom stereocenters. The fraction of sp³-hybridized carbons (Fsp3) is 0.133. The summed E-state index contributed by atoms with van der Waals surface area (Å²) in [6, 6.07) is 12.5. The van der Waals surface area contributed by atoms with Crippen LogP contribution in [0.2, 0.25) is 0 Å². The summed E-state index contributed by atoms with van der Waals surface area (Å²) in [5, 5.41) is 14.0. The molecule has 0 amide bonds. The maximum absolute atomic E-state index is 10.2. The number of hydrazone groups is 1. The predicted octanol–water partition coefficient (Wildman–Crippen LogP) is 2.12. The summed E-state index contributed by atoms with van der Waals surface area (Å²) < 4.78 is 10.4. The first kappa shape index (κ1) is 13.7. The van der Waals surface area contributed by atoms with E-state index in [0.717, 1.165) is 5.56 Å². The molecule has 2 aromatic carbocycles. The van der Waals surface area contributed by atoms with E-state index in [2.05, 4.69) is 5.10 Å². The third kappa shape index (κ3) is 2.51. The Labute approximate surface area is 117 Å². The first-order valence-corrected chi connectivity index (χ1v) is 6.00. The van der Waals surface area contributed by atoms with Gasteiger partial charge in [-0.1, -0.05) is 30.3 Å². The second-order valence-electron chi connectivity index (χ2n) is 4.07. The summed E-state index contributed by atoms with van der Waals surface area (Å²) in [4.78, 5) is 0. The summed E-state index contributed by atoms with van der Waals surface area (Å²) in [6.07, 6.45) is 0. The lowest BCUT2D eigenvalue weighted by Gasteiger charge is -2.14. The zero-order valence-corrected chi connectivity index (χ0v) is 11.3. The number of rotatable bonds is 4. The zero-order chi connectivity index (χ0) is 14.5. The van der Waals surface area contributed by atoms with Crippen molar-refractivity contribution >= 4 is 5.71 Å². The molecule has 0 aliphatic heterocycles. The number of ether oxygens (including phenoxy) is 2. The highest BCUT2D eigenvalue weighted by Crippen LogP contribution is 2.35. The van der Waals surface area contributed by atoms with Crippen LogP contribution in [0.3, 0.4) is 0 Å². The van der Waals surface area contributed by atoms with Gasteiger partial charge in [-0.2, -0.15) is 5.10 Å². The Kier molecular flexibility index (Phi) is 4.10. The van der Waals surface area contributed by atoms with Crippen LogP contribution >= 0.6 is 0 Å². The first-order valence-electron chi connectivity index (χ1n) is 6.00. The number of nitrogens with zero attached hydrogens (tertiary/aromatic N) is 1. The molecule has 3 N–H and O–H groups in total. The molecular weight excluding hydrogens is 256 g/mol. The number of hydrogen-bond acceptors (Lipinski definition) is 5. The van der Waals surface area contributed by atoms with Gasteiger partial charge in [-0.15, -0.1) is 0 Å². The molecule has 0 saturated heterocycles. The Morgan fingerprint density at radius 2 is 1.80 bits per heavy atom. The highest BCUT2D eigenvalue weighted by molar-refractivity contribution is 6.16. The minimum absolute atomic E-state index is 0.00532. The Morgan fingerprint density at radius 3 is 2.35 bits per heavy atom. The van der Waals surface area contributed by atoms with Crippen molar-refractivity contribution in [2.75, 3.05) is 14.2 Å². The van der Waals surface area contributed by atoms with E-state index in [9.17, 15) is 5.11 Å². The van der Waals surface area contributed by atoms with Gasteiger partial charge in [0.2, 0.25) is 0 Å². The minimum atomic E-state index is -0.00532. The molecule has 0 unspecified atom stereocenters. The molecular formula is C15H16N2O3. The second kappa shape index (κ2) is 5.97. The number of phenols is 1. The van der Waals surface area contributed by atoms with Crippen molar-refractivity contribution in [2.24, 2.45) is 10.9 Å². The molecule has 0 bridgehead atoms. The number of phenolic OH excluding ortho intramolecular Hbond substituents is 1. The lowest BCUT2D eigenvalue weighted by molar-refractivity contribution is 0.384. The van der Waals surface area contributed by atoms with E-state index in [1.165, 1.54) is 20.3 Å². The van der Waals surface area contributed by atoms with Gasteiger partial charge in [-0.25, -0.2) is 0 Å². The normalized spacial score (nSPS) is 11.2. The van der Waals surface area contributed by atoms with Crippen molar-refractivity contribution < 1.29 is 14.6 Å². The molecule has 0 aromatic heterocycles. The molecule has 0 radical (unpaired) electrons. The smallest absolute Gasteiger partial charge is 0.135 e. The van der Waals surface area contributed by atoms with Crippen LogP contribution in [0.15, 0.2) is 47.6 Å². The third-order valence-electron chi connectivity index (χ3n) is 2.92. The van der Waals surface area contributed by atoms with Crippen molar-refractivity contribution in [3.63, 3.8) is 0 Å². The van der Waals surface area contributed by atoms with Gasteiger partial charge in [0.25, 0.3) is 0 Å². The zero-order valence-electron chi connectivity index (χ0n) is 11.3. The van der Waals surface area contributed by atoms with E-state index in [0.29, 0.717) is 22.8 Å². The molecule has 0 saturated carbocycles. The molecule has 0 spiro atoms. The van der Waals surface area contributed by atoms with Gasteiger partial charge >= 0.3 is 0 Å². The molecule has 20 heavy (non-hydrogen) atoms. The van der Waals surface area contributed by atoms with Crippen LogP contribution in [0.1, 0.15) is 11.1 Å². The van der Waals surface area contributed by atoms with Crippen LogP contribution in [0.4, 0.5) is 0 Å². The van der Waals surface area contributed by atoms with Gasteiger partial charge < -0.3 is 20.4 Å². The Bertz CT molecular complexity index is 625. The Balaban J connectivity index is 2.61. The molecule has 0 aliphatic carbocycles. The standard InChI is InChI=1S/C15H16N2O3/c1-19-11-8-12(18)14(13(9-11)20-2)15(17-16)10-6-4-3-5-7-10/h3-9,18H,16H2,1-2H3/b17-15+. The van der Waals surface area contributed by atoms with Gasteiger partial charge in [0.1, 0.15) is 23.0 Å². The van der Waals surface area contributed by atoms with Gasteiger partial charge in [0.05, 0.1) is 19.8 Å². The predicted molar refractivity (Wildman–Crippen MR) is 77.5 cm³/mol. The van der Waals surface area contributed by atoms with E-state index in [4.69, 9.17) is 15.3 Å². The molecule has 5 heteroatoms. The van der Waals surface area contributed by atoms with Crippen LogP contribution in [-0.4, -0.2) is 25.0 Å². The number of aromatic hydroxyl groups is 1. The maximum Gasteiger partial charge on any atom is 0.135 e. The minimum Gasteiger partial charge on any atom is -0.507 e. The highest BCUT2D eigenvalue weighted by Gasteiger charge is 2.18. The van der Waals surface area contributed by atoms with E-state index < -0.39 is 0 Å². The second-order valence-corrected chi connectivity index (χ2v) is 4.07. The van der Waals surface area contributed by atoms with Crippen LogP contribution < -0.4 is 15.3 Å². The molecule has 104 valence electrons. The lowest BCUT2D eigenvalue weighted by Crippen LogP contribution is -2.09. The van der Waals surface area contributed by atoms with Crippen LogP contribution in [0.5, 0.6) is 17.2 Å². The quantitative estimate of drug-likeness (QED) is 0.508. The first-order chi connectivity index (χ1) is 9.71. The van der Waals surface area contributed by atoms with Crippen molar-refractivity contribution in [3.05, 3.63) is 53.6 Å². The van der Waals surface area contributed by atoms with Crippen molar-refractivity contribution in [1.82, 2.24) is 0 Å². The topological polar surface area (TPSA) is 77.1 Å². The number of nitrogens with two attached hydrogens (primary N) is 1. The average molecular weight is 272 g/mol. The van der Waals surface area contributed by atoms with Crippen LogP contribution in [0.25, 0.3) is 0 Å². The maximum atomic E-state index is 10.2. The van der Waals surface area contributed by atoms with E-state index in [1.807, 2.05) is 30.3 Å². The summed E-state index contributed by atoms with van der Waals surface area (Å²) in [5.74, 6) is 6.42. The number of benzene rings is 2. The Hall–Kier alpha value is -2.69. The molecule has 0 heterocycles. The lowest BCUT2D eigenvalue weighted by atomic mass is 10.00. The van der Waals surface area contributed by atoms with Crippen molar-refractivity contribution in [2.45, 2.75) is 0 Å². The van der Waals surface area contributed by atoms with Crippen LogP contribution in [0, 0.1) is 0 Å². The Morgan fingerprint density at radius 1 is 1.10 bits per heavy atom. The van der Waals surface area contributed by atoms with Gasteiger partial charge in [0.15, 0.2) is 0 Å². The third-order valence-corrected chi connectivity index (χ3v) is 2.92. The van der Waals surface area contributed by atoms with Gasteiger partial charge in [-0.05, 0) is 0 Å². The van der Waals surface area contributed by atoms with Crippen LogP contribution in [-0.2, 0) is 0 Å². The summed E-state index contributed by atoms with van der Waals surface area (Å²) in [7, 11) is 3.03. The summed E-state index contributed by atoms with van der Waals surface area (Å²) in [6.45, 7) is 0. The fourth-order valence-electron chi connectivity index (χ4n) is 1.97. The molecule has 2 aromatic rings. The SMILES string of the molecule is COc1cc(O)c(/C(=N/N)c2ccccc2)c(OC)c1.